The van der Waals surface area contributed by atoms with Crippen molar-refractivity contribution in [2.24, 2.45) is 5.92 Å². The third kappa shape index (κ3) is 5.13. The van der Waals surface area contributed by atoms with Crippen LogP contribution in [0.25, 0.3) is 0 Å². The summed E-state index contributed by atoms with van der Waals surface area (Å²) >= 11 is 0. The lowest BCUT2D eigenvalue weighted by Crippen LogP contribution is -2.29. The molecule has 1 saturated heterocycles. The van der Waals surface area contributed by atoms with Gasteiger partial charge in [0.1, 0.15) is 5.82 Å². The molecule has 0 bridgehead atoms. The highest BCUT2D eigenvalue weighted by Crippen LogP contribution is 2.19. The Balaban J connectivity index is 1.63. The number of likely N-dealkylation sites (tertiary alicyclic amines) is 1. The van der Waals surface area contributed by atoms with E-state index in [1.165, 1.54) is 0 Å². The highest BCUT2D eigenvalue weighted by Gasteiger charge is 2.29. The van der Waals surface area contributed by atoms with Crippen molar-refractivity contribution in [3.05, 3.63) is 35.7 Å². The highest BCUT2D eigenvalue weighted by molar-refractivity contribution is 5.78. The molecule has 0 saturated carbocycles. The number of carbonyl (C=O) groups excluding carboxylic acids is 1. The maximum absolute atomic E-state index is 11.9. The summed E-state index contributed by atoms with van der Waals surface area (Å²) in [6.07, 6.45) is 0.609. The maximum Gasteiger partial charge on any atom is 0.232 e. The first-order valence-corrected chi connectivity index (χ1v) is 9.23. The Morgan fingerprint density at radius 2 is 2.15 bits per heavy atom. The predicted octanol–water partition coefficient (Wildman–Crippen LogP) is 1.81. The van der Waals surface area contributed by atoms with Crippen molar-refractivity contribution in [3.8, 4) is 0 Å². The van der Waals surface area contributed by atoms with Gasteiger partial charge in [0.15, 0.2) is 0 Å². The van der Waals surface area contributed by atoms with E-state index in [1.807, 2.05) is 50.1 Å². The largest absolute Gasteiger partial charge is 0.368 e. The van der Waals surface area contributed by atoms with Crippen LogP contribution in [-0.4, -0.2) is 57.3 Å². The summed E-state index contributed by atoms with van der Waals surface area (Å²) in [7, 11) is 2.01. The van der Waals surface area contributed by atoms with Gasteiger partial charge in [-0.2, -0.15) is 15.0 Å². The Bertz CT molecular complexity index is 810. The van der Waals surface area contributed by atoms with Gasteiger partial charge in [0.25, 0.3) is 0 Å². The summed E-state index contributed by atoms with van der Waals surface area (Å²) in [5.41, 5.74) is 7.92. The minimum atomic E-state index is 0.191. The molecule has 3 N–H and O–H groups in total. The molecule has 2 aromatic rings. The van der Waals surface area contributed by atoms with Crippen molar-refractivity contribution in [2.75, 3.05) is 37.7 Å². The number of aryl methyl sites for hydroxylation is 1. The van der Waals surface area contributed by atoms with Gasteiger partial charge in [-0.15, -0.1) is 0 Å². The fourth-order valence-electron chi connectivity index (χ4n) is 3.45. The fraction of sp³-hybridized carbons (Fsp3) is 0.474. The first kappa shape index (κ1) is 19.0. The van der Waals surface area contributed by atoms with Crippen LogP contribution < -0.4 is 11.1 Å². The lowest BCUT2D eigenvalue weighted by atomic mass is 10.1. The van der Waals surface area contributed by atoms with Crippen molar-refractivity contribution in [1.82, 2.24) is 24.8 Å². The van der Waals surface area contributed by atoms with Crippen LogP contribution in [-0.2, 0) is 11.3 Å². The van der Waals surface area contributed by atoms with Crippen LogP contribution in [0.3, 0.4) is 0 Å². The first-order valence-electron chi connectivity index (χ1n) is 9.23. The first-order chi connectivity index (χ1) is 12.9. The Hall–Kier alpha value is -2.74. The van der Waals surface area contributed by atoms with Gasteiger partial charge in [-0.25, -0.2) is 0 Å². The number of nitrogens with two attached hydrogens (primary N) is 1. The van der Waals surface area contributed by atoms with Crippen LogP contribution in [0.1, 0.15) is 24.7 Å². The zero-order chi connectivity index (χ0) is 19.4. The second-order valence-electron chi connectivity index (χ2n) is 7.13. The number of nitrogens with one attached hydrogen (secondary N) is 1. The number of carbonyl (C=O) groups is 1. The lowest BCUT2D eigenvalue weighted by Gasteiger charge is -2.20. The molecular weight excluding hydrogens is 342 g/mol. The molecule has 1 unspecified atom stereocenters. The summed E-state index contributed by atoms with van der Waals surface area (Å²) in [6, 6.07) is 7.97. The molecule has 0 aliphatic carbocycles. The smallest absolute Gasteiger partial charge is 0.232 e. The zero-order valence-electron chi connectivity index (χ0n) is 16.1. The van der Waals surface area contributed by atoms with Crippen molar-refractivity contribution in [2.45, 2.75) is 26.8 Å². The number of anilines is 3. The molecule has 27 heavy (non-hydrogen) atoms. The van der Waals surface area contributed by atoms with Crippen molar-refractivity contribution in [3.63, 3.8) is 0 Å². The number of benzene rings is 1. The number of amides is 1. The van der Waals surface area contributed by atoms with Crippen LogP contribution in [0.4, 0.5) is 17.6 Å². The topological polar surface area (TPSA) is 100 Å². The van der Waals surface area contributed by atoms with E-state index >= 15 is 0 Å². The molecule has 0 spiro atoms. The monoisotopic (exact) mass is 369 g/mol. The van der Waals surface area contributed by atoms with Crippen LogP contribution in [0.2, 0.25) is 0 Å². The van der Waals surface area contributed by atoms with Gasteiger partial charge in [0, 0.05) is 31.7 Å². The summed E-state index contributed by atoms with van der Waals surface area (Å²) < 4.78 is 0. The molecule has 1 amide bonds. The lowest BCUT2D eigenvalue weighted by molar-refractivity contribution is -0.127. The third-order valence-corrected chi connectivity index (χ3v) is 4.63. The van der Waals surface area contributed by atoms with Crippen molar-refractivity contribution >= 4 is 23.5 Å². The van der Waals surface area contributed by atoms with E-state index in [9.17, 15) is 4.79 Å². The molecule has 1 aromatic heterocycles. The molecule has 1 atom stereocenters. The van der Waals surface area contributed by atoms with Crippen LogP contribution >= 0.6 is 0 Å². The molecule has 8 nitrogen and oxygen atoms in total. The van der Waals surface area contributed by atoms with Crippen LogP contribution in [0.5, 0.6) is 0 Å². The molecule has 1 aliphatic rings. The molecule has 1 aromatic carbocycles. The van der Waals surface area contributed by atoms with E-state index in [-0.39, 0.29) is 11.9 Å². The molecular formula is C19H27N7O. The minimum absolute atomic E-state index is 0.191. The summed E-state index contributed by atoms with van der Waals surface area (Å²) in [4.78, 5) is 28.8. The minimum Gasteiger partial charge on any atom is -0.368 e. The number of hydrogen-bond donors (Lipinski definition) is 2. The number of nitrogens with zero attached hydrogens (tertiary/aromatic N) is 5. The molecule has 144 valence electrons. The molecule has 1 aliphatic heterocycles. The molecule has 0 radical (unpaired) electrons. The van der Waals surface area contributed by atoms with E-state index in [2.05, 4.69) is 25.2 Å². The summed E-state index contributed by atoms with van der Waals surface area (Å²) in [5, 5.41) is 3.18. The van der Waals surface area contributed by atoms with Gasteiger partial charge in [-0.1, -0.05) is 12.1 Å². The Kier molecular flexibility index (Phi) is 5.85. The third-order valence-electron chi connectivity index (χ3n) is 4.63. The SMILES string of the molecule is CCN1CC(CN(C)Cc2nc(N)nc(Nc3cccc(C)c3)n2)CC1=O. The normalized spacial score (nSPS) is 17.0. The van der Waals surface area contributed by atoms with E-state index in [1.54, 1.807) is 0 Å². The van der Waals surface area contributed by atoms with Gasteiger partial charge < -0.3 is 16.0 Å². The second-order valence-corrected chi connectivity index (χ2v) is 7.13. The number of rotatable bonds is 7. The van der Waals surface area contributed by atoms with Crippen LogP contribution in [0.15, 0.2) is 24.3 Å². The van der Waals surface area contributed by atoms with E-state index in [0.717, 1.165) is 30.9 Å². The van der Waals surface area contributed by atoms with Crippen molar-refractivity contribution < 1.29 is 4.79 Å². The highest BCUT2D eigenvalue weighted by atomic mass is 16.2. The Morgan fingerprint density at radius 1 is 1.33 bits per heavy atom. The zero-order valence-corrected chi connectivity index (χ0v) is 16.1. The number of hydrogen-bond acceptors (Lipinski definition) is 7. The standard InChI is InChI=1S/C19H27N7O/c1-4-26-11-14(9-17(26)27)10-25(3)12-16-22-18(20)24-19(23-16)21-15-7-5-6-13(2)8-15/h5-8,14H,4,9-12H2,1-3H3,(H3,20,21,22,23,24). The van der Waals surface area contributed by atoms with Gasteiger partial charge >= 0.3 is 0 Å². The number of nitrogen functional groups attached to an aromatic ring is 1. The van der Waals surface area contributed by atoms with Gasteiger partial charge in [-0.05, 0) is 44.5 Å². The average molecular weight is 369 g/mol. The molecule has 1 fully saturated rings. The maximum atomic E-state index is 11.9. The van der Waals surface area contributed by atoms with Gasteiger partial charge in [0.05, 0.1) is 6.54 Å². The Labute approximate surface area is 159 Å². The van der Waals surface area contributed by atoms with Gasteiger partial charge in [-0.3, -0.25) is 9.69 Å². The quantitative estimate of drug-likeness (QED) is 0.767. The van der Waals surface area contributed by atoms with E-state index < -0.39 is 0 Å². The number of aromatic nitrogens is 3. The molecule has 3 rings (SSSR count). The van der Waals surface area contributed by atoms with Crippen molar-refractivity contribution in [1.29, 1.82) is 0 Å². The Morgan fingerprint density at radius 3 is 2.85 bits per heavy atom. The van der Waals surface area contributed by atoms with E-state index in [0.29, 0.717) is 30.7 Å². The van der Waals surface area contributed by atoms with Gasteiger partial charge in [0.2, 0.25) is 17.8 Å². The second kappa shape index (κ2) is 8.30. The van der Waals surface area contributed by atoms with Crippen LogP contribution in [0, 0.1) is 12.8 Å². The summed E-state index contributed by atoms with van der Waals surface area (Å²) in [5.74, 6) is 1.81. The summed E-state index contributed by atoms with van der Waals surface area (Å²) in [6.45, 7) is 7.00. The predicted molar refractivity (Wildman–Crippen MR) is 105 cm³/mol. The van der Waals surface area contributed by atoms with E-state index in [4.69, 9.17) is 5.73 Å². The molecule has 8 heteroatoms. The fourth-order valence-corrected chi connectivity index (χ4v) is 3.45. The average Bonchev–Trinajstić information content (AvgIpc) is 2.93. The molecule has 2 heterocycles.